The fourth-order valence-corrected chi connectivity index (χ4v) is 3.98. The highest BCUT2D eigenvalue weighted by atomic mass is 79.9. The number of fused-ring (bicyclic) bond motifs is 1. The molecule has 8 heteroatoms. The van der Waals surface area contributed by atoms with Crippen LogP contribution >= 0.6 is 27.3 Å². The van der Waals surface area contributed by atoms with Gasteiger partial charge in [-0.3, -0.25) is 10.1 Å². The van der Waals surface area contributed by atoms with Gasteiger partial charge in [-0.2, -0.15) is 5.10 Å². The highest BCUT2D eigenvalue weighted by Crippen LogP contribution is 2.24. The molecule has 1 amide bonds. The lowest BCUT2D eigenvalue weighted by Gasteiger charge is -2.02. The fraction of sp³-hybridized carbons (Fsp3) is 0.158. The molecule has 0 spiro atoms. The predicted octanol–water partition coefficient (Wildman–Crippen LogP) is 4.41. The molecule has 0 aliphatic heterocycles. The Balaban J connectivity index is 1.52. The zero-order valence-corrected chi connectivity index (χ0v) is 17.1. The van der Waals surface area contributed by atoms with Gasteiger partial charge in [-0.25, -0.2) is 14.5 Å². The van der Waals surface area contributed by atoms with E-state index < -0.39 is 0 Å². The Morgan fingerprint density at radius 2 is 2.15 bits per heavy atom. The van der Waals surface area contributed by atoms with Crippen LogP contribution in [-0.2, 0) is 6.42 Å². The molecule has 4 aromatic rings. The summed E-state index contributed by atoms with van der Waals surface area (Å²) in [4.78, 5) is 22.4. The summed E-state index contributed by atoms with van der Waals surface area (Å²) in [5.41, 5.74) is 4.04. The van der Waals surface area contributed by atoms with Crippen LogP contribution in [0.1, 0.15) is 32.1 Å². The number of amides is 1. The van der Waals surface area contributed by atoms with E-state index in [4.69, 9.17) is 0 Å². The van der Waals surface area contributed by atoms with Crippen molar-refractivity contribution in [1.29, 1.82) is 0 Å². The van der Waals surface area contributed by atoms with E-state index in [0.717, 1.165) is 15.8 Å². The Morgan fingerprint density at radius 3 is 2.96 bits per heavy atom. The lowest BCUT2D eigenvalue weighted by atomic mass is 10.1. The van der Waals surface area contributed by atoms with E-state index in [0.29, 0.717) is 22.0 Å². The third-order valence-electron chi connectivity index (χ3n) is 4.17. The fourth-order valence-electron chi connectivity index (χ4n) is 2.89. The van der Waals surface area contributed by atoms with Crippen molar-refractivity contribution in [3.63, 3.8) is 0 Å². The molecule has 3 aromatic heterocycles. The lowest BCUT2D eigenvalue weighted by molar-refractivity contribution is 0.102. The highest BCUT2D eigenvalue weighted by molar-refractivity contribution is 9.10. The van der Waals surface area contributed by atoms with Crippen LogP contribution < -0.4 is 5.32 Å². The standard InChI is InChI=1S/C19H16BrN5OS/c1-11-8-13(4-5-15(11)20)9-14-10-22-19(27-14)23-18(26)16-12(2)24-25-7-3-6-21-17(16)25/h3-8,10H,9H2,1-2H3,(H,22,23,26). The van der Waals surface area contributed by atoms with Crippen LogP contribution in [-0.4, -0.2) is 25.5 Å². The largest absolute Gasteiger partial charge is 0.298 e. The van der Waals surface area contributed by atoms with Gasteiger partial charge in [0.1, 0.15) is 5.56 Å². The van der Waals surface area contributed by atoms with Gasteiger partial charge in [0.05, 0.1) is 5.69 Å². The molecular formula is C19H16BrN5OS. The number of thiazole rings is 1. The first-order valence-electron chi connectivity index (χ1n) is 8.32. The SMILES string of the molecule is Cc1cc(Cc2cnc(NC(=O)c3c(C)nn4cccnc34)s2)ccc1Br. The summed E-state index contributed by atoms with van der Waals surface area (Å²) >= 11 is 4.99. The molecular weight excluding hydrogens is 426 g/mol. The van der Waals surface area contributed by atoms with Gasteiger partial charge in [0.15, 0.2) is 10.8 Å². The van der Waals surface area contributed by atoms with Crippen molar-refractivity contribution in [2.45, 2.75) is 20.3 Å². The maximum absolute atomic E-state index is 12.7. The van der Waals surface area contributed by atoms with Crippen LogP contribution in [0.3, 0.4) is 0 Å². The van der Waals surface area contributed by atoms with Gasteiger partial charge in [0.2, 0.25) is 0 Å². The first-order valence-corrected chi connectivity index (χ1v) is 9.93. The number of nitrogens with zero attached hydrogens (tertiary/aromatic N) is 4. The minimum absolute atomic E-state index is 0.249. The molecule has 27 heavy (non-hydrogen) atoms. The van der Waals surface area contributed by atoms with Crippen molar-refractivity contribution >= 4 is 44.0 Å². The zero-order valence-electron chi connectivity index (χ0n) is 14.7. The van der Waals surface area contributed by atoms with E-state index in [9.17, 15) is 4.79 Å². The Bertz CT molecular complexity index is 1150. The third-order valence-corrected chi connectivity index (χ3v) is 5.97. The normalized spacial score (nSPS) is 11.1. The number of benzene rings is 1. The Hall–Kier alpha value is -2.58. The number of nitrogens with one attached hydrogen (secondary N) is 1. The van der Waals surface area contributed by atoms with Gasteiger partial charge in [-0.1, -0.05) is 28.1 Å². The van der Waals surface area contributed by atoms with Gasteiger partial charge >= 0.3 is 0 Å². The maximum atomic E-state index is 12.7. The van der Waals surface area contributed by atoms with Crippen LogP contribution in [0.5, 0.6) is 0 Å². The molecule has 4 rings (SSSR count). The van der Waals surface area contributed by atoms with Crippen molar-refractivity contribution in [2.75, 3.05) is 5.32 Å². The number of hydrogen-bond donors (Lipinski definition) is 1. The number of aryl methyl sites for hydroxylation is 2. The third kappa shape index (κ3) is 3.63. The molecule has 0 unspecified atom stereocenters. The number of anilines is 1. The predicted molar refractivity (Wildman–Crippen MR) is 109 cm³/mol. The van der Waals surface area contributed by atoms with Crippen molar-refractivity contribution in [3.05, 3.63) is 74.6 Å². The maximum Gasteiger partial charge on any atom is 0.263 e. The van der Waals surface area contributed by atoms with Gasteiger partial charge in [-0.15, -0.1) is 11.3 Å². The van der Waals surface area contributed by atoms with Crippen LogP contribution in [0.4, 0.5) is 5.13 Å². The zero-order chi connectivity index (χ0) is 19.0. The van der Waals surface area contributed by atoms with E-state index in [1.165, 1.54) is 22.5 Å². The molecule has 3 heterocycles. The number of rotatable bonds is 4. The molecule has 0 aliphatic rings. The molecule has 0 aliphatic carbocycles. The average molecular weight is 442 g/mol. The number of halogens is 1. The van der Waals surface area contributed by atoms with Gasteiger partial charge in [0.25, 0.3) is 5.91 Å². The molecule has 0 atom stereocenters. The van der Waals surface area contributed by atoms with E-state index in [-0.39, 0.29) is 5.91 Å². The summed E-state index contributed by atoms with van der Waals surface area (Å²) in [6.07, 6.45) is 6.00. The average Bonchev–Trinajstić information content (AvgIpc) is 3.21. The summed E-state index contributed by atoms with van der Waals surface area (Å²) in [6, 6.07) is 8.06. The number of aromatic nitrogens is 4. The van der Waals surface area contributed by atoms with Gasteiger partial charge in [0, 0.05) is 34.4 Å². The second kappa shape index (κ2) is 7.21. The second-order valence-corrected chi connectivity index (χ2v) is 8.16. The number of carbonyl (C=O) groups excluding carboxylic acids is 1. The van der Waals surface area contributed by atoms with E-state index in [1.807, 2.05) is 0 Å². The molecule has 6 nitrogen and oxygen atoms in total. The molecule has 0 radical (unpaired) electrons. The Morgan fingerprint density at radius 1 is 1.30 bits per heavy atom. The van der Waals surface area contributed by atoms with Gasteiger partial charge < -0.3 is 0 Å². The van der Waals surface area contributed by atoms with Crippen molar-refractivity contribution < 1.29 is 4.79 Å². The van der Waals surface area contributed by atoms with Crippen LogP contribution in [0, 0.1) is 13.8 Å². The monoisotopic (exact) mass is 441 g/mol. The summed E-state index contributed by atoms with van der Waals surface area (Å²) < 4.78 is 2.70. The topological polar surface area (TPSA) is 72.2 Å². The molecule has 0 saturated carbocycles. The number of carbonyl (C=O) groups is 1. The summed E-state index contributed by atoms with van der Waals surface area (Å²) in [6.45, 7) is 3.87. The summed E-state index contributed by atoms with van der Waals surface area (Å²) in [7, 11) is 0. The summed E-state index contributed by atoms with van der Waals surface area (Å²) in [5, 5.41) is 7.76. The van der Waals surface area contributed by atoms with Gasteiger partial charge in [-0.05, 0) is 37.1 Å². The van der Waals surface area contributed by atoms with E-state index in [2.05, 4.69) is 61.4 Å². The molecule has 1 aromatic carbocycles. The van der Waals surface area contributed by atoms with Crippen molar-refractivity contribution in [2.24, 2.45) is 0 Å². The van der Waals surface area contributed by atoms with E-state index in [1.54, 1.807) is 36.1 Å². The molecule has 1 N–H and O–H groups in total. The minimum Gasteiger partial charge on any atom is -0.298 e. The van der Waals surface area contributed by atoms with Crippen molar-refractivity contribution in [3.8, 4) is 0 Å². The van der Waals surface area contributed by atoms with Crippen LogP contribution in [0.2, 0.25) is 0 Å². The quantitative estimate of drug-likeness (QED) is 0.508. The molecule has 136 valence electrons. The first-order chi connectivity index (χ1) is 13.0. The first kappa shape index (κ1) is 17.8. The Kier molecular flexibility index (Phi) is 4.75. The minimum atomic E-state index is -0.249. The Labute approximate surface area is 168 Å². The van der Waals surface area contributed by atoms with E-state index >= 15 is 0 Å². The van der Waals surface area contributed by atoms with Crippen molar-refractivity contribution in [1.82, 2.24) is 19.6 Å². The molecule has 0 bridgehead atoms. The summed E-state index contributed by atoms with van der Waals surface area (Å²) in [5.74, 6) is -0.249. The van der Waals surface area contributed by atoms with Crippen LogP contribution in [0.15, 0.2) is 47.3 Å². The lowest BCUT2D eigenvalue weighted by Crippen LogP contribution is -2.13. The van der Waals surface area contributed by atoms with Crippen LogP contribution in [0.25, 0.3) is 5.65 Å². The second-order valence-electron chi connectivity index (χ2n) is 6.19. The highest BCUT2D eigenvalue weighted by Gasteiger charge is 2.19. The molecule has 0 fully saturated rings. The molecule has 0 saturated heterocycles. The smallest absolute Gasteiger partial charge is 0.263 e. The number of hydrogen-bond acceptors (Lipinski definition) is 5.